The summed E-state index contributed by atoms with van der Waals surface area (Å²) >= 11 is 5.27. The molecule has 0 bridgehead atoms. The summed E-state index contributed by atoms with van der Waals surface area (Å²) in [5.74, 6) is 1.27. The van der Waals surface area contributed by atoms with Gasteiger partial charge in [0.25, 0.3) is 10.7 Å². The van der Waals surface area contributed by atoms with E-state index in [0.717, 1.165) is 24.4 Å². The molecule has 3 rings (SSSR count). The molecular weight excluding hydrogens is 326 g/mol. The largest absolute Gasteiger partial charge is 0.484 e. The van der Waals surface area contributed by atoms with Gasteiger partial charge in [-0.2, -0.15) is 0 Å². The fraction of sp³-hybridized carbons (Fsp3) is 0.529. The smallest absolute Gasteiger partial charge is 0.288 e. The predicted molar refractivity (Wildman–Crippen MR) is 92.4 cm³/mol. The lowest BCUT2D eigenvalue weighted by Crippen LogP contribution is -2.48. The maximum absolute atomic E-state index is 5.73. The molecule has 130 valence electrons. The van der Waals surface area contributed by atoms with E-state index in [1.54, 1.807) is 4.68 Å². The average Bonchev–Trinajstić information content (AvgIpc) is 2.84. The monoisotopic (exact) mass is 349 g/mol. The third-order valence-corrected chi connectivity index (χ3v) is 4.13. The Morgan fingerprint density at radius 2 is 2.21 bits per heavy atom. The van der Waals surface area contributed by atoms with Crippen LogP contribution in [0, 0.1) is 11.8 Å². The Kier molecular flexibility index (Phi) is 5.03. The van der Waals surface area contributed by atoms with Gasteiger partial charge in [-0.3, -0.25) is 4.90 Å². The Bertz CT molecular complexity index is 754. The first-order valence-corrected chi connectivity index (χ1v) is 8.45. The van der Waals surface area contributed by atoms with Gasteiger partial charge in [-0.25, -0.2) is 4.68 Å². The van der Waals surface area contributed by atoms with Gasteiger partial charge < -0.3 is 13.9 Å². The molecule has 0 aliphatic carbocycles. The Labute approximate surface area is 147 Å². The van der Waals surface area contributed by atoms with Crippen molar-refractivity contribution in [3.8, 4) is 5.75 Å². The first-order valence-electron chi connectivity index (χ1n) is 8.04. The van der Waals surface area contributed by atoms with Crippen molar-refractivity contribution < 1.29 is 13.9 Å². The van der Waals surface area contributed by atoms with Crippen molar-refractivity contribution >= 4 is 12.2 Å². The third kappa shape index (κ3) is 4.43. The van der Waals surface area contributed by atoms with Crippen molar-refractivity contribution in [3.63, 3.8) is 0 Å². The lowest BCUT2D eigenvalue weighted by Gasteiger charge is -2.37. The number of aryl methyl sites for hydroxylation is 1. The molecule has 2 heterocycles. The first-order chi connectivity index (χ1) is 11.4. The standard InChI is InChI=1S/C17H23N3O3S/c1-13-5-4-6-14(9-13)21-10-15-18-20(16(24)23-15)12-19-7-8-22-17(2,3)11-19/h4-6,9H,7-8,10-12H2,1-3H3. The van der Waals surface area contributed by atoms with E-state index in [1.807, 2.05) is 31.2 Å². The summed E-state index contributed by atoms with van der Waals surface area (Å²) in [6.07, 6.45) is 0. The Morgan fingerprint density at radius 1 is 1.38 bits per heavy atom. The summed E-state index contributed by atoms with van der Waals surface area (Å²) in [5.41, 5.74) is 0.996. The fourth-order valence-electron chi connectivity index (χ4n) is 2.77. The second-order valence-corrected chi connectivity index (χ2v) is 7.02. The van der Waals surface area contributed by atoms with Crippen LogP contribution in [0.2, 0.25) is 0 Å². The van der Waals surface area contributed by atoms with E-state index in [0.29, 0.717) is 24.0 Å². The van der Waals surface area contributed by atoms with E-state index in [9.17, 15) is 0 Å². The molecule has 0 N–H and O–H groups in total. The van der Waals surface area contributed by atoms with Crippen molar-refractivity contribution in [2.24, 2.45) is 0 Å². The Balaban J connectivity index is 1.61. The van der Waals surface area contributed by atoms with E-state index in [4.69, 9.17) is 26.1 Å². The van der Waals surface area contributed by atoms with Crippen LogP contribution < -0.4 is 4.74 Å². The predicted octanol–water partition coefficient (Wildman–Crippen LogP) is 3.16. The van der Waals surface area contributed by atoms with Gasteiger partial charge in [-0.1, -0.05) is 12.1 Å². The number of morpholine rings is 1. The number of nitrogens with zero attached hydrogens (tertiary/aromatic N) is 3. The molecule has 6 nitrogen and oxygen atoms in total. The fourth-order valence-corrected chi connectivity index (χ4v) is 2.97. The zero-order valence-corrected chi connectivity index (χ0v) is 15.1. The van der Waals surface area contributed by atoms with Gasteiger partial charge in [0.2, 0.25) is 0 Å². The highest BCUT2D eigenvalue weighted by atomic mass is 32.1. The highest BCUT2D eigenvalue weighted by Crippen LogP contribution is 2.17. The van der Waals surface area contributed by atoms with Crippen LogP contribution in [-0.2, 0) is 18.0 Å². The van der Waals surface area contributed by atoms with Crippen molar-refractivity contribution in [2.45, 2.75) is 39.6 Å². The number of benzene rings is 1. The second-order valence-electron chi connectivity index (χ2n) is 6.67. The minimum absolute atomic E-state index is 0.152. The average molecular weight is 349 g/mol. The number of hydrogen-bond acceptors (Lipinski definition) is 6. The molecule has 2 aromatic rings. The van der Waals surface area contributed by atoms with Crippen molar-refractivity contribution in [2.75, 3.05) is 19.7 Å². The van der Waals surface area contributed by atoms with Gasteiger partial charge in [-0.15, -0.1) is 5.10 Å². The van der Waals surface area contributed by atoms with Gasteiger partial charge in [0.1, 0.15) is 5.75 Å². The summed E-state index contributed by atoms with van der Waals surface area (Å²) in [4.78, 5) is 2.62. The van der Waals surface area contributed by atoms with Crippen LogP contribution in [0.15, 0.2) is 28.7 Å². The zero-order valence-electron chi connectivity index (χ0n) is 14.3. The molecule has 1 aromatic carbocycles. The van der Waals surface area contributed by atoms with Crippen LogP contribution in [0.25, 0.3) is 0 Å². The molecule has 0 saturated carbocycles. The maximum atomic E-state index is 5.73. The van der Waals surface area contributed by atoms with E-state index in [1.165, 1.54) is 0 Å². The highest BCUT2D eigenvalue weighted by Gasteiger charge is 2.27. The summed E-state index contributed by atoms with van der Waals surface area (Å²) < 4.78 is 18.7. The van der Waals surface area contributed by atoms with Gasteiger partial charge in [0, 0.05) is 13.1 Å². The van der Waals surface area contributed by atoms with Gasteiger partial charge in [-0.05, 0) is 50.7 Å². The van der Waals surface area contributed by atoms with Crippen LogP contribution in [0.4, 0.5) is 0 Å². The van der Waals surface area contributed by atoms with Crippen LogP contribution in [0.1, 0.15) is 25.3 Å². The van der Waals surface area contributed by atoms with E-state index >= 15 is 0 Å². The molecule has 0 radical (unpaired) electrons. The van der Waals surface area contributed by atoms with Crippen LogP contribution >= 0.6 is 12.2 Å². The van der Waals surface area contributed by atoms with Gasteiger partial charge in [0.05, 0.1) is 18.9 Å². The molecule has 7 heteroatoms. The second kappa shape index (κ2) is 7.04. The molecule has 1 fully saturated rings. The summed E-state index contributed by atoms with van der Waals surface area (Å²) in [6, 6.07) is 7.87. The minimum Gasteiger partial charge on any atom is -0.484 e. The van der Waals surface area contributed by atoms with Crippen molar-refractivity contribution in [1.29, 1.82) is 0 Å². The molecule has 0 amide bonds. The molecule has 24 heavy (non-hydrogen) atoms. The van der Waals surface area contributed by atoms with E-state index in [-0.39, 0.29) is 12.2 Å². The number of aromatic nitrogens is 2. The lowest BCUT2D eigenvalue weighted by atomic mass is 10.1. The first kappa shape index (κ1) is 17.1. The van der Waals surface area contributed by atoms with Crippen LogP contribution in [-0.4, -0.2) is 40.0 Å². The lowest BCUT2D eigenvalue weighted by molar-refractivity contribution is -0.0948. The maximum Gasteiger partial charge on any atom is 0.288 e. The SMILES string of the molecule is Cc1cccc(OCc2nn(CN3CCOC(C)(C)C3)c(=S)o2)c1. The topological polar surface area (TPSA) is 52.7 Å². The number of ether oxygens (including phenoxy) is 2. The highest BCUT2D eigenvalue weighted by molar-refractivity contribution is 7.71. The van der Waals surface area contributed by atoms with Crippen LogP contribution in [0.3, 0.4) is 0 Å². The number of hydrogen-bond donors (Lipinski definition) is 0. The molecule has 1 aliphatic rings. The quantitative estimate of drug-likeness (QED) is 0.773. The molecule has 0 spiro atoms. The van der Waals surface area contributed by atoms with E-state index < -0.39 is 0 Å². The summed E-state index contributed by atoms with van der Waals surface area (Å²) in [5, 5.41) is 4.43. The third-order valence-electron chi connectivity index (χ3n) is 3.84. The summed E-state index contributed by atoms with van der Waals surface area (Å²) in [7, 11) is 0. The Hall–Kier alpha value is -1.70. The van der Waals surface area contributed by atoms with Gasteiger partial charge in [0.15, 0.2) is 6.61 Å². The number of rotatable bonds is 5. The molecule has 1 aliphatic heterocycles. The molecule has 0 atom stereocenters. The minimum atomic E-state index is -0.152. The van der Waals surface area contributed by atoms with Gasteiger partial charge >= 0.3 is 0 Å². The van der Waals surface area contributed by atoms with Crippen molar-refractivity contribution in [1.82, 2.24) is 14.7 Å². The normalized spacial score (nSPS) is 17.8. The molecule has 1 aromatic heterocycles. The van der Waals surface area contributed by atoms with Crippen molar-refractivity contribution in [3.05, 3.63) is 40.6 Å². The summed E-state index contributed by atoms with van der Waals surface area (Å²) in [6.45, 7) is 9.45. The molecule has 1 saturated heterocycles. The van der Waals surface area contributed by atoms with E-state index in [2.05, 4.69) is 23.8 Å². The molecule has 0 unspecified atom stereocenters. The zero-order chi connectivity index (χ0) is 17.2. The molecular formula is C17H23N3O3S. The Morgan fingerprint density at radius 3 is 2.96 bits per heavy atom. The van der Waals surface area contributed by atoms with Crippen LogP contribution in [0.5, 0.6) is 5.75 Å².